The summed E-state index contributed by atoms with van der Waals surface area (Å²) in [6, 6.07) is 19.7. The third kappa shape index (κ3) is 4.65. The van der Waals surface area contributed by atoms with Crippen molar-refractivity contribution in [1.29, 1.82) is 0 Å². The first kappa shape index (κ1) is 23.0. The molecule has 0 saturated carbocycles. The smallest absolute Gasteiger partial charge is 0.339 e. The first-order chi connectivity index (χ1) is 15.3. The number of ether oxygens (including phenoxy) is 1. The zero-order valence-corrected chi connectivity index (χ0v) is 18.8. The van der Waals surface area contributed by atoms with E-state index in [2.05, 4.69) is 5.32 Å². The number of aryl methyl sites for hydroxylation is 1. The van der Waals surface area contributed by atoms with E-state index in [1.165, 1.54) is 23.5 Å². The Balaban J connectivity index is 1.97. The second-order valence-electron chi connectivity index (χ2n) is 6.98. The molecule has 0 saturated heterocycles. The Morgan fingerprint density at radius 2 is 1.62 bits per heavy atom. The van der Waals surface area contributed by atoms with Crippen LogP contribution < -0.4 is 9.62 Å². The Morgan fingerprint density at radius 3 is 2.28 bits per heavy atom. The van der Waals surface area contributed by atoms with Gasteiger partial charge in [0.2, 0.25) is 0 Å². The third-order valence-electron chi connectivity index (χ3n) is 4.93. The summed E-state index contributed by atoms with van der Waals surface area (Å²) >= 11 is 0. The van der Waals surface area contributed by atoms with E-state index in [0.29, 0.717) is 11.3 Å². The summed E-state index contributed by atoms with van der Waals surface area (Å²) in [5, 5.41) is 2.67. The fourth-order valence-electron chi connectivity index (χ4n) is 3.30. The van der Waals surface area contributed by atoms with Crippen LogP contribution in [0.3, 0.4) is 0 Å². The number of carbonyl (C=O) groups excluding carboxylic acids is 2. The molecule has 0 unspecified atom stereocenters. The van der Waals surface area contributed by atoms with Crippen LogP contribution in [0.4, 0.5) is 11.4 Å². The molecule has 166 valence electrons. The molecule has 1 amide bonds. The van der Waals surface area contributed by atoms with E-state index in [4.69, 9.17) is 4.74 Å². The molecule has 0 aromatic heterocycles. The molecule has 0 radical (unpaired) electrons. The number of benzene rings is 3. The molecule has 7 nitrogen and oxygen atoms in total. The standard InChI is InChI=1S/C24H24N2O5S/c1-4-26(19-10-6-5-7-11-19)32(29,30)22-16-18(15-14-17(22)2)23(27)25-21-13-9-8-12-20(21)24(28)31-3/h5-16H,4H2,1-3H3,(H,25,27). The normalized spacial score (nSPS) is 11.0. The summed E-state index contributed by atoms with van der Waals surface area (Å²) in [4.78, 5) is 24.9. The molecule has 1 N–H and O–H groups in total. The largest absolute Gasteiger partial charge is 0.465 e. The van der Waals surface area contributed by atoms with Crippen molar-refractivity contribution in [2.24, 2.45) is 0 Å². The molecule has 0 aliphatic carbocycles. The lowest BCUT2D eigenvalue weighted by Gasteiger charge is -2.24. The maximum Gasteiger partial charge on any atom is 0.339 e. The molecule has 0 atom stereocenters. The van der Waals surface area contributed by atoms with E-state index in [1.807, 2.05) is 6.07 Å². The molecule has 0 fully saturated rings. The number of nitrogens with one attached hydrogen (secondary N) is 1. The van der Waals surface area contributed by atoms with Crippen LogP contribution in [0.25, 0.3) is 0 Å². The van der Waals surface area contributed by atoms with Gasteiger partial charge in [-0.25, -0.2) is 13.2 Å². The summed E-state index contributed by atoms with van der Waals surface area (Å²) in [6.07, 6.45) is 0. The average Bonchev–Trinajstić information content (AvgIpc) is 2.80. The summed E-state index contributed by atoms with van der Waals surface area (Å²) in [6.45, 7) is 3.66. The number of hydrogen-bond acceptors (Lipinski definition) is 5. The van der Waals surface area contributed by atoms with E-state index in [-0.39, 0.29) is 28.3 Å². The van der Waals surface area contributed by atoms with Gasteiger partial charge in [0, 0.05) is 12.1 Å². The van der Waals surface area contributed by atoms with Crippen LogP contribution in [-0.2, 0) is 14.8 Å². The van der Waals surface area contributed by atoms with E-state index >= 15 is 0 Å². The number of carbonyl (C=O) groups is 2. The van der Waals surface area contributed by atoms with Crippen LogP contribution in [0.2, 0.25) is 0 Å². The second-order valence-corrected chi connectivity index (χ2v) is 8.81. The van der Waals surface area contributed by atoms with Crippen molar-refractivity contribution in [3.63, 3.8) is 0 Å². The molecule has 3 aromatic rings. The summed E-state index contributed by atoms with van der Waals surface area (Å²) in [7, 11) is -2.66. The van der Waals surface area contributed by atoms with Gasteiger partial charge in [-0.1, -0.05) is 36.4 Å². The van der Waals surface area contributed by atoms with Crippen molar-refractivity contribution in [1.82, 2.24) is 0 Å². The highest BCUT2D eigenvalue weighted by Gasteiger charge is 2.26. The molecular weight excluding hydrogens is 428 g/mol. The van der Waals surface area contributed by atoms with Crippen molar-refractivity contribution in [2.75, 3.05) is 23.3 Å². The number of esters is 1. The molecule has 3 aromatic carbocycles. The van der Waals surface area contributed by atoms with Gasteiger partial charge >= 0.3 is 5.97 Å². The van der Waals surface area contributed by atoms with Gasteiger partial charge in [-0.2, -0.15) is 0 Å². The number of methoxy groups -OCH3 is 1. The molecule has 32 heavy (non-hydrogen) atoms. The molecular formula is C24H24N2O5S. The van der Waals surface area contributed by atoms with Gasteiger partial charge in [0.1, 0.15) is 0 Å². The van der Waals surface area contributed by atoms with E-state index in [0.717, 1.165) is 0 Å². The zero-order chi connectivity index (χ0) is 23.3. The van der Waals surface area contributed by atoms with Gasteiger partial charge in [0.15, 0.2) is 0 Å². The number of amides is 1. The minimum Gasteiger partial charge on any atom is -0.465 e. The number of hydrogen-bond donors (Lipinski definition) is 1. The molecule has 3 rings (SSSR count). The fourth-order valence-corrected chi connectivity index (χ4v) is 5.03. The number of para-hydroxylation sites is 2. The Hall–Kier alpha value is -3.65. The SMILES string of the molecule is CCN(c1ccccc1)S(=O)(=O)c1cc(C(=O)Nc2ccccc2C(=O)OC)ccc1C. The van der Waals surface area contributed by atoms with Gasteiger partial charge in [0.25, 0.3) is 15.9 Å². The predicted octanol–water partition coefficient (Wildman–Crippen LogP) is 4.25. The van der Waals surface area contributed by atoms with Gasteiger partial charge in [0.05, 0.1) is 28.9 Å². The highest BCUT2D eigenvalue weighted by molar-refractivity contribution is 7.92. The molecule has 0 aliphatic heterocycles. The number of sulfonamides is 1. The second kappa shape index (κ2) is 9.65. The van der Waals surface area contributed by atoms with Crippen molar-refractivity contribution in [3.8, 4) is 0 Å². The number of rotatable bonds is 7. The first-order valence-electron chi connectivity index (χ1n) is 9.96. The monoisotopic (exact) mass is 452 g/mol. The zero-order valence-electron chi connectivity index (χ0n) is 18.0. The lowest BCUT2D eigenvalue weighted by Crippen LogP contribution is -2.31. The summed E-state index contributed by atoms with van der Waals surface area (Å²) in [5.74, 6) is -1.13. The Kier molecular flexibility index (Phi) is 6.95. The van der Waals surface area contributed by atoms with Crippen molar-refractivity contribution in [3.05, 3.63) is 89.5 Å². The lowest BCUT2D eigenvalue weighted by atomic mass is 10.1. The van der Waals surface area contributed by atoms with Crippen molar-refractivity contribution < 1.29 is 22.7 Å². The molecule has 0 heterocycles. The third-order valence-corrected chi connectivity index (χ3v) is 6.98. The minimum atomic E-state index is -3.91. The van der Waals surface area contributed by atoms with Gasteiger partial charge in [-0.15, -0.1) is 0 Å². The number of nitrogens with zero attached hydrogens (tertiary/aromatic N) is 1. The van der Waals surface area contributed by atoms with Crippen molar-refractivity contribution >= 4 is 33.3 Å². The van der Waals surface area contributed by atoms with E-state index in [9.17, 15) is 18.0 Å². The van der Waals surface area contributed by atoms with Gasteiger partial charge < -0.3 is 10.1 Å². The first-order valence-corrected chi connectivity index (χ1v) is 11.4. The Bertz CT molecular complexity index is 1240. The minimum absolute atomic E-state index is 0.0390. The molecule has 8 heteroatoms. The van der Waals surface area contributed by atoms with E-state index in [1.54, 1.807) is 68.4 Å². The van der Waals surface area contributed by atoms with Crippen molar-refractivity contribution in [2.45, 2.75) is 18.7 Å². The molecule has 0 spiro atoms. The fraction of sp³-hybridized carbons (Fsp3) is 0.167. The highest BCUT2D eigenvalue weighted by atomic mass is 32.2. The van der Waals surface area contributed by atoms with Crippen LogP contribution in [0, 0.1) is 6.92 Å². The van der Waals surface area contributed by atoms with E-state index < -0.39 is 21.9 Å². The maximum absolute atomic E-state index is 13.4. The van der Waals surface area contributed by atoms with Gasteiger partial charge in [-0.3, -0.25) is 9.10 Å². The van der Waals surface area contributed by atoms with Crippen LogP contribution >= 0.6 is 0 Å². The quantitative estimate of drug-likeness (QED) is 0.541. The van der Waals surface area contributed by atoms with Crippen LogP contribution in [0.15, 0.2) is 77.7 Å². The van der Waals surface area contributed by atoms with Gasteiger partial charge in [-0.05, 0) is 55.8 Å². The Morgan fingerprint density at radius 1 is 0.969 bits per heavy atom. The van der Waals surface area contributed by atoms with Crippen LogP contribution in [0.1, 0.15) is 33.2 Å². The molecule has 0 bridgehead atoms. The summed E-state index contributed by atoms with van der Waals surface area (Å²) < 4.78 is 32.9. The lowest BCUT2D eigenvalue weighted by molar-refractivity contribution is 0.0602. The van der Waals surface area contributed by atoms with Crippen LogP contribution in [-0.4, -0.2) is 33.9 Å². The number of anilines is 2. The Labute approximate surface area is 187 Å². The maximum atomic E-state index is 13.4. The van der Waals surface area contributed by atoms with Crippen LogP contribution in [0.5, 0.6) is 0 Å². The molecule has 0 aliphatic rings. The average molecular weight is 453 g/mol. The predicted molar refractivity (Wildman–Crippen MR) is 124 cm³/mol. The summed E-state index contributed by atoms with van der Waals surface area (Å²) in [5.41, 5.74) is 1.68. The topological polar surface area (TPSA) is 92.8 Å². The highest BCUT2D eigenvalue weighted by Crippen LogP contribution is 2.27.